The van der Waals surface area contributed by atoms with Crippen LogP contribution in [0.1, 0.15) is 24.1 Å². The second-order valence-corrected chi connectivity index (χ2v) is 9.79. The highest BCUT2D eigenvalue weighted by molar-refractivity contribution is 6.31. The summed E-state index contributed by atoms with van der Waals surface area (Å²) in [6.07, 6.45) is 2.50. The molecule has 6 rings (SSSR count). The number of aromatic nitrogens is 9. The van der Waals surface area contributed by atoms with Crippen LogP contribution in [0.5, 0.6) is 0 Å². The third-order valence-corrected chi connectivity index (χ3v) is 7.09. The molecule has 1 aliphatic rings. The molecule has 16 heteroatoms. The zero-order valence-corrected chi connectivity index (χ0v) is 22.7. The number of hydrogen-bond acceptors (Lipinski definition) is 9. The van der Waals surface area contributed by atoms with Gasteiger partial charge in [0.15, 0.2) is 0 Å². The van der Waals surface area contributed by atoms with Crippen LogP contribution < -0.4 is 10.5 Å². The first-order valence-electron chi connectivity index (χ1n) is 12.7. The number of nitrogens with zero attached hydrogens (tertiary/aromatic N) is 9. The van der Waals surface area contributed by atoms with Gasteiger partial charge in [-0.1, -0.05) is 11.6 Å². The average Bonchev–Trinajstić information content (AvgIpc) is 3.74. The number of halogens is 2. The van der Waals surface area contributed by atoms with Gasteiger partial charge in [0.2, 0.25) is 5.95 Å². The number of hydrogen-bond donors (Lipinski definition) is 2. The van der Waals surface area contributed by atoms with Gasteiger partial charge < -0.3 is 14.8 Å². The number of anilines is 1. The third-order valence-electron chi connectivity index (χ3n) is 6.85. The van der Waals surface area contributed by atoms with E-state index in [0.717, 1.165) is 4.90 Å². The Bertz CT molecular complexity index is 1820. The number of amides is 1. The van der Waals surface area contributed by atoms with Crippen molar-refractivity contribution in [1.82, 2.24) is 44.7 Å². The summed E-state index contributed by atoms with van der Waals surface area (Å²) >= 11 is 6.26. The fourth-order valence-electron chi connectivity index (χ4n) is 4.93. The SMILES string of the molecule is COCCN(C(=O)O)c1ccc(-c2nc([C@@H]3CCc4nc(-c5cc(Cl)ccc5-n5cnnn5)cc(=O)n43)[nH]c2F)nc1. The summed E-state index contributed by atoms with van der Waals surface area (Å²) in [5.41, 5.74) is 1.68. The minimum absolute atomic E-state index is 0.0496. The number of ether oxygens (including phenoxy) is 1. The maximum atomic E-state index is 15.1. The third kappa shape index (κ3) is 4.99. The molecule has 5 aromatic rings. The van der Waals surface area contributed by atoms with Crippen molar-refractivity contribution >= 4 is 23.4 Å². The Hall–Kier alpha value is -5.02. The van der Waals surface area contributed by atoms with Crippen molar-refractivity contribution in [3.63, 3.8) is 0 Å². The lowest BCUT2D eigenvalue weighted by atomic mass is 10.1. The molecule has 4 aromatic heterocycles. The lowest BCUT2D eigenvalue weighted by Gasteiger charge is -2.18. The van der Waals surface area contributed by atoms with Crippen molar-refractivity contribution in [3.05, 3.63) is 81.9 Å². The molecule has 5 heterocycles. The zero-order chi connectivity index (χ0) is 29.4. The van der Waals surface area contributed by atoms with E-state index in [1.54, 1.807) is 18.2 Å². The molecule has 2 N–H and O–H groups in total. The van der Waals surface area contributed by atoms with Crippen LogP contribution >= 0.6 is 11.6 Å². The smallest absolute Gasteiger partial charge is 0.411 e. The van der Waals surface area contributed by atoms with Crippen molar-refractivity contribution in [2.45, 2.75) is 18.9 Å². The molecule has 0 radical (unpaired) electrons. The van der Waals surface area contributed by atoms with Gasteiger partial charge in [-0.2, -0.15) is 9.07 Å². The maximum Gasteiger partial charge on any atom is 0.411 e. The van der Waals surface area contributed by atoms with E-state index in [1.165, 1.54) is 47.1 Å². The maximum absolute atomic E-state index is 15.1. The van der Waals surface area contributed by atoms with Gasteiger partial charge in [0.05, 0.1) is 48.2 Å². The summed E-state index contributed by atoms with van der Waals surface area (Å²) in [5, 5.41) is 21.2. The van der Waals surface area contributed by atoms with Crippen molar-refractivity contribution in [1.29, 1.82) is 0 Å². The molecule has 42 heavy (non-hydrogen) atoms. The number of tetrazole rings is 1. The highest BCUT2D eigenvalue weighted by Gasteiger charge is 2.31. The quantitative estimate of drug-likeness (QED) is 0.273. The number of aromatic amines is 1. The van der Waals surface area contributed by atoms with Crippen molar-refractivity contribution in [2.75, 3.05) is 25.2 Å². The average molecular weight is 593 g/mol. The Kier molecular flexibility index (Phi) is 7.18. The Morgan fingerprint density at radius 2 is 2.10 bits per heavy atom. The topological polar surface area (TPSA) is 170 Å². The van der Waals surface area contributed by atoms with Crippen molar-refractivity contribution in [3.8, 4) is 28.3 Å². The number of methoxy groups -OCH3 is 1. The summed E-state index contributed by atoms with van der Waals surface area (Å²) in [4.78, 5) is 42.1. The van der Waals surface area contributed by atoms with Crippen molar-refractivity contribution in [2.24, 2.45) is 0 Å². The van der Waals surface area contributed by atoms with Gasteiger partial charge in [-0.05, 0) is 47.2 Å². The number of nitrogens with one attached hydrogen (secondary N) is 1. The van der Waals surface area contributed by atoms with Gasteiger partial charge in [0.1, 0.15) is 23.7 Å². The summed E-state index contributed by atoms with van der Waals surface area (Å²) < 4.78 is 23.0. The molecule has 1 aliphatic heterocycles. The molecule has 0 saturated carbocycles. The van der Waals surface area contributed by atoms with Gasteiger partial charge in [-0.25, -0.2) is 14.8 Å². The first-order chi connectivity index (χ1) is 20.3. The zero-order valence-electron chi connectivity index (χ0n) is 22.0. The number of pyridine rings is 1. The van der Waals surface area contributed by atoms with Gasteiger partial charge in [0, 0.05) is 30.2 Å². The summed E-state index contributed by atoms with van der Waals surface area (Å²) in [6.45, 7) is 0.305. The van der Waals surface area contributed by atoms with E-state index in [1.807, 2.05) is 0 Å². The molecule has 0 aliphatic carbocycles. The number of benzene rings is 1. The van der Waals surface area contributed by atoms with Crippen LogP contribution in [0, 0.1) is 5.95 Å². The fraction of sp³-hybridized carbons (Fsp3) is 0.231. The van der Waals surface area contributed by atoms with Crippen LogP contribution in [0.2, 0.25) is 5.02 Å². The molecule has 14 nitrogen and oxygen atoms in total. The number of H-pyrrole nitrogens is 1. The Balaban J connectivity index is 1.31. The minimum Gasteiger partial charge on any atom is -0.465 e. The van der Waals surface area contributed by atoms with Crippen LogP contribution in [0.3, 0.4) is 0 Å². The van der Waals surface area contributed by atoms with Crippen molar-refractivity contribution < 1.29 is 19.0 Å². The summed E-state index contributed by atoms with van der Waals surface area (Å²) in [7, 11) is 1.47. The molecule has 0 saturated heterocycles. The molecule has 0 bridgehead atoms. The number of carboxylic acid groups (broad SMARTS) is 1. The van der Waals surface area contributed by atoms with E-state index < -0.39 is 18.1 Å². The van der Waals surface area contributed by atoms with Gasteiger partial charge in [0.25, 0.3) is 5.56 Å². The Labute approximate surface area is 241 Å². The Morgan fingerprint density at radius 1 is 1.24 bits per heavy atom. The molecular weight excluding hydrogens is 571 g/mol. The van der Waals surface area contributed by atoms with Gasteiger partial charge in [-0.3, -0.25) is 19.2 Å². The van der Waals surface area contributed by atoms with E-state index in [9.17, 15) is 14.7 Å². The number of rotatable bonds is 8. The van der Waals surface area contributed by atoms with Crippen LogP contribution in [-0.2, 0) is 11.2 Å². The van der Waals surface area contributed by atoms with Crippen LogP contribution in [0.25, 0.3) is 28.3 Å². The monoisotopic (exact) mass is 592 g/mol. The molecule has 0 spiro atoms. The minimum atomic E-state index is -1.17. The highest BCUT2D eigenvalue weighted by Crippen LogP contribution is 2.33. The normalized spacial score (nSPS) is 14.2. The number of fused-ring (bicyclic) bond motifs is 1. The number of aryl methyl sites for hydroxylation is 1. The molecular formula is C26H22ClFN10O4. The second kappa shape index (κ2) is 11.1. The molecule has 0 fully saturated rings. The largest absolute Gasteiger partial charge is 0.465 e. The predicted octanol–water partition coefficient (Wildman–Crippen LogP) is 3.13. The number of imidazole rings is 1. The summed E-state index contributed by atoms with van der Waals surface area (Å²) in [5.74, 6) is 0.0276. The first kappa shape index (κ1) is 27.2. The first-order valence-corrected chi connectivity index (χ1v) is 13.1. The fourth-order valence-corrected chi connectivity index (χ4v) is 5.10. The van der Waals surface area contributed by atoms with Crippen LogP contribution in [0.15, 0.2) is 53.7 Å². The molecule has 1 amide bonds. The van der Waals surface area contributed by atoms with Crippen LogP contribution in [0.4, 0.5) is 14.9 Å². The molecule has 1 aromatic carbocycles. The van der Waals surface area contributed by atoms with E-state index in [-0.39, 0.29) is 35.9 Å². The molecule has 1 atom stereocenters. The van der Waals surface area contributed by atoms with E-state index in [4.69, 9.17) is 21.3 Å². The predicted molar refractivity (Wildman–Crippen MR) is 147 cm³/mol. The number of carbonyl (C=O) groups is 1. The highest BCUT2D eigenvalue weighted by atomic mass is 35.5. The van der Waals surface area contributed by atoms with E-state index in [0.29, 0.717) is 46.3 Å². The Morgan fingerprint density at radius 3 is 2.81 bits per heavy atom. The van der Waals surface area contributed by atoms with E-state index in [2.05, 4.69) is 30.5 Å². The summed E-state index contributed by atoms with van der Waals surface area (Å²) in [6, 6.07) is 8.91. The molecule has 0 unspecified atom stereocenters. The van der Waals surface area contributed by atoms with Gasteiger partial charge in [-0.15, -0.1) is 5.10 Å². The lowest BCUT2D eigenvalue weighted by molar-refractivity contribution is 0.186. The lowest BCUT2D eigenvalue weighted by Crippen LogP contribution is -2.32. The molecule has 214 valence electrons. The van der Waals surface area contributed by atoms with E-state index >= 15 is 4.39 Å². The van der Waals surface area contributed by atoms with Crippen LogP contribution in [-0.4, -0.2) is 76.2 Å². The second-order valence-electron chi connectivity index (χ2n) is 9.35. The standard InChI is InChI=1S/C26H22ClFN10O4/c1-42-9-8-36(26(40)41)15-3-4-17(29-12-15)23-24(28)33-25(32-23)20-6-7-21-31-18(11-22(39)38(20)21)16-10-14(27)2-5-19(16)37-13-30-34-35-37/h2-5,10-13,20H,6-9H2,1H3,(H,32,33)(H,40,41)/t20-/m0/s1. The van der Waals surface area contributed by atoms with Gasteiger partial charge >= 0.3 is 6.09 Å².